The van der Waals surface area contributed by atoms with Gasteiger partial charge in [-0.2, -0.15) is 0 Å². The molecule has 1 atom stereocenters. The lowest BCUT2D eigenvalue weighted by molar-refractivity contribution is 0.335. The molecular formula is C18H39N. The van der Waals surface area contributed by atoms with Crippen LogP contribution >= 0.6 is 0 Å². The van der Waals surface area contributed by atoms with Crippen LogP contribution < -0.4 is 5.32 Å². The minimum atomic E-state index is 0.270. The number of unbranched alkanes of at least 4 members (excludes halogenated alkanes) is 6. The Morgan fingerprint density at radius 3 is 1.84 bits per heavy atom. The van der Waals surface area contributed by atoms with E-state index in [1.54, 1.807) is 0 Å². The van der Waals surface area contributed by atoms with Crippen LogP contribution in [0, 0.1) is 5.92 Å². The predicted octanol–water partition coefficient (Wildman–Crippen LogP) is 5.93. The van der Waals surface area contributed by atoms with Gasteiger partial charge in [0.1, 0.15) is 0 Å². The van der Waals surface area contributed by atoms with Gasteiger partial charge in [-0.1, -0.05) is 65.2 Å². The SMILES string of the molecule is CCCCCCCCCC(CCC)CNC(C)(C)C. The fraction of sp³-hybridized carbons (Fsp3) is 1.00. The highest BCUT2D eigenvalue weighted by atomic mass is 14.9. The molecule has 0 aliphatic heterocycles. The van der Waals surface area contributed by atoms with Gasteiger partial charge in [0.05, 0.1) is 0 Å². The maximum atomic E-state index is 3.68. The average Bonchev–Trinajstić information content (AvgIpc) is 2.33. The standard InChI is InChI=1S/C18H39N/c1-6-8-9-10-11-12-13-15-17(14-7-2)16-19-18(3,4)5/h17,19H,6-16H2,1-5H3. The molecule has 0 aliphatic rings. The number of hydrogen-bond donors (Lipinski definition) is 1. The van der Waals surface area contributed by atoms with Gasteiger partial charge in [-0.25, -0.2) is 0 Å². The zero-order valence-corrected chi connectivity index (χ0v) is 14.4. The quantitative estimate of drug-likeness (QED) is 0.433. The Morgan fingerprint density at radius 1 is 0.737 bits per heavy atom. The van der Waals surface area contributed by atoms with Gasteiger partial charge in [0.15, 0.2) is 0 Å². The van der Waals surface area contributed by atoms with Crippen molar-refractivity contribution in [2.24, 2.45) is 5.92 Å². The minimum Gasteiger partial charge on any atom is -0.312 e. The molecule has 0 aromatic carbocycles. The summed E-state index contributed by atoms with van der Waals surface area (Å²) in [6.45, 7) is 12.6. The topological polar surface area (TPSA) is 12.0 Å². The van der Waals surface area contributed by atoms with Crippen molar-refractivity contribution in [3.05, 3.63) is 0 Å². The summed E-state index contributed by atoms with van der Waals surface area (Å²) in [6.07, 6.45) is 14.1. The lowest BCUT2D eigenvalue weighted by Gasteiger charge is -2.25. The molecule has 116 valence electrons. The average molecular weight is 270 g/mol. The molecule has 0 spiro atoms. The van der Waals surface area contributed by atoms with Crippen LogP contribution in [0.15, 0.2) is 0 Å². The third-order valence-electron chi connectivity index (χ3n) is 3.83. The van der Waals surface area contributed by atoms with Gasteiger partial charge < -0.3 is 5.32 Å². The first-order valence-electron chi connectivity index (χ1n) is 8.74. The fourth-order valence-corrected chi connectivity index (χ4v) is 2.60. The fourth-order valence-electron chi connectivity index (χ4n) is 2.60. The van der Waals surface area contributed by atoms with Crippen molar-refractivity contribution in [1.29, 1.82) is 0 Å². The van der Waals surface area contributed by atoms with E-state index in [9.17, 15) is 0 Å². The smallest absolute Gasteiger partial charge is 0.00966 e. The monoisotopic (exact) mass is 269 g/mol. The van der Waals surface area contributed by atoms with E-state index >= 15 is 0 Å². The van der Waals surface area contributed by atoms with Crippen molar-refractivity contribution in [2.45, 2.75) is 104 Å². The lowest BCUT2D eigenvalue weighted by Crippen LogP contribution is -2.39. The first-order chi connectivity index (χ1) is 8.99. The molecule has 0 saturated heterocycles. The third-order valence-corrected chi connectivity index (χ3v) is 3.83. The van der Waals surface area contributed by atoms with Crippen molar-refractivity contribution in [2.75, 3.05) is 6.54 Å². The molecular weight excluding hydrogens is 230 g/mol. The van der Waals surface area contributed by atoms with Gasteiger partial charge in [0.25, 0.3) is 0 Å². The largest absolute Gasteiger partial charge is 0.312 e. The molecule has 0 aromatic rings. The summed E-state index contributed by atoms with van der Waals surface area (Å²) in [5.74, 6) is 0.889. The van der Waals surface area contributed by atoms with Gasteiger partial charge in [-0.15, -0.1) is 0 Å². The van der Waals surface area contributed by atoms with E-state index in [0.717, 1.165) is 5.92 Å². The molecule has 0 radical (unpaired) electrons. The Hall–Kier alpha value is -0.0400. The second-order valence-electron chi connectivity index (χ2n) is 7.20. The first kappa shape index (κ1) is 19.0. The van der Waals surface area contributed by atoms with E-state index in [-0.39, 0.29) is 5.54 Å². The molecule has 1 N–H and O–H groups in total. The molecule has 1 nitrogen and oxygen atoms in total. The summed E-state index contributed by atoms with van der Waals surface area (Å²) >= 11 is 0. The summed E-state index contributed by atoms with van der Waals surface area (Å²) in [5, 5.41) is 3.68. The van der Waals surface area contributed by atoms with E-state index < -0.39 is 0 Å². The predicted molar refractivity (Wildman–Crippen MR) is 88.8 cm³/mol. The molecule has 0 aromatic heterocycles. The van der Waals surface area contributed by atoms with Crippen LogP contribution in [0.25, 0.3) is 0 Å². The zero-order valence-electron chi connectivity index (χ0n) is 14.4. The van der Waals surface area contributed by atoms with Crippen molar-refractivity contribution < 1.29 is 0 Å². The Balaban J connectivity index is 3.59. The molecule has 0 amide bonds. The van der Waals surface area contributed by atoms with Crippen molar-refractivity contribution in [3.8, 4) is 0 Å². The molecule has 0 rings (SSSR count). The van der Waals surface area contributed by atoms with Crippen LogP contribution in [0.4, 0.5) is 0 Å². The molecule has 1 unspecified atom stereocenters. The molecule has 0 saturated carbocycles. The lowest BCUT2D eigenvalue weighted by atomic mass is 9.94. The van der Waals surface area contributed by atoms with E-state index in [0.29, 0.717) is 0 Å². The van der Waals surface area contributed by atoms with Crippen molar-refractivity contribution in [3.63, 3.8) is 0 Å². The highest BCUT2D eigenvalue weighted by molar-refractivity contribution is 4.73. The molecule has 1 heteroatoms. The van der Waals surface area contributed by atoms with Crippen molar-refractivity contribution in [1.82, 2.24) is 5.32 Å². The molecule has 0 heterocycles. The van der Waals surface area contributed by atoms with Crippen LogP contribution in [0.2, 0.25) is 0 Å². The van der Waals surface area contributed by atoms with Gasteiger partial charge in [0.2, 0.25) is 0 Å². The van der Waals surface area contributed by atoms with Gasteiger partial charge in [-0.05, 0) is 46.1 Å². The van der Waals surface area contributed by atoms with Gasteiger partial charge in [-0.3, -0.25) is 0 Å². The third kappa shape index (κ3) is 14.2. The first-order valence-corrected chi connectivity index (χ1v) is 8.74. The van der Waals surface area contributed by atoms with E-state index in [1.807, 2.05) is 0 Å². The van der Waals surface area contributed by atoms with Gasteiger partial charge >= 0.3 is 0 Å². The maximum absolute atomic E-state index is 3.68. The van der Waals surface area contributed by atoms with Crippen LogP contribution in [0.5, 0.6) is 0 Å². The Morgan fingerprint density at radius 2 is 1.32 bits per heavy atom. The second kappa shape index (κ2) is 11.8. The molecule has 19 heavy (non-hydrogen) atoms. The maximum Gasteiger partial charge on any atom is 0.00966 e. The van der Waals surface area contributed by atoms with Crippen LogP contribution in [-0.2, 0) is 0 Å². The highest BCUT2D eigenvalue weighted by Crippen LogP contribution is 2.17. The van der Waals surface area contributed by atoms with E-state index in [1.165, 1.54) is 70.8 Å². The summed E-state index contributed by atoms with van der Waals surface area (Å²) in [7, 11) is 0. The van der Waals surface area contributed by atoms with Crippen LogP contribution in [0.1, 0.15) is 98.8 Å². The zero-order chi connectivity index (χ0) is 14.6. The summed E-state index contributed by atoms with van der Waals surface area (Å²) in [6, 6.07) is 0. The Kier molecular flexibility index (Phi) is 11.7. The summed E-state index contributed by atoms with van der Waals surface area (Å²) in [4.78, 5) is 0. The van der Waals surface area contributed by atoms with Crippen LogP contribution in [0.3, 0.4) is 0 Å². The number of rotatable bonds is 12. The second-order valence-corrected chi connectivity index (χ2v) is 7.20. The van der Waals surface area contributed by atoms with E-state index in [4.69, 9.17) is 0 Å². The van der Waals surface area contributed by atoms with Gasteiger partial charge in [0, 0.05) is 5.54 Å². The van der Waals surface area contributed by atoms with E-state index in [2.05, 4.69) is 39.9 Å². The normalized spacial score (nSPS) is 13.7. The molecule has 0 bridgehead atoms. The highest BCUT2D eigenvalue weighted by Gasteiger charge is 2.13. The minimum absolute atomic E-state index is 0.270. The Bertz CT molecular complexity index is 181. The number of hydrogen-bond acceptors (Lipinski definition) is 1. The summed E-state index contributed by atoms with van der Waals surface area (Å²) < 4.78 is 0. The molecule has 0 fully saturated rings. The number of nitrogens with one attached hydrogen (secondary N) is 1. The summed E-state index contributed by atoms with van der Waals surface area (Å²) in [5.41, 5.74) is 0.270. The Labute approximate surface area is 122 Å². The molecule has 0 aliphatic carbocycles. The van der Waals surface area contributed by atoms with Crippen molar-refractivity contribution >= 4 is 0 Å². The van der Waals surface area contributed by atoms with Crippen LogP contribution in [-0.4, -0.2) is 12.1 Å².